The first-order chi connectivity index (χ1) is 9.45. The van der Waals surface area contributed by atoms with Gasteiger partial charge in [0.15, 0.2) is 0 Å². The second kappa shape index (κ2) is 5.51. The normalized spacial score (nSPS) is 10.5. The highest BCUT2D eigenvalue weighted by Gasteiger charge is 2.11. The Morgan fingerprint density at radius 1 is 1.50 bits per heavy atom. The number of aromatic nitrogens is 4. The molecule has 1 amide bonds. The molecule has 2 rings (SSSR count). The van der Waals surface area contributed by atoms with Crippen LogP contribution in [0, 0.1) is 17.0 Å². The van der Waals surface area contributed by atoms with Crippen LogP contribution in [0.2, 0.25) is 0 Å². The molecule has 0 saturated carbocycles. The second-order valence-corrected chi connectivity index (χ2v) is 4.34. The topological polar surface area (TPSA) is 108 Å². The smallest absolute Gasteiger partial charge is 0.307 e. The molecule has 0 saturated heterocycles. The molecule has 2 aromatic rings. The number of hydrogen-bond acceptors (Lipinski definition) is 5. The van der Waals surface area contributed by atoms with E-state index in [4.69, 9.17) is 0 Å². The number of nitrogens with zero attached hydrogens (tertiary/aromatic N) is 5. The van der Waals surface area contributed by atoms with Gasteiger partial charge in [-0.3, -0.25) is 24.3 Å². The van der Waals surface area contributed by atoms with Crippen molar-refractivity contribution in [3.05, 3.63) is 40.0 Å². The molecule has 0 unspecified atom stereocenters. The van der Waals surface area contributed by atoms with Gasteiger partial charge in [0.05, 0.1) is 10.6 Å². The molecule has 0 bridgehead atoms. The molecule has 2 aromatic heterocycles. The molecule has 0 spiro atoms. The first-order valence-corrected chi connectivity index (χ1v) is 5.88. The van der Waals surface area contributed by atoms with Crippen LogP contribution in [0.1, 0.15) is 11.3 Å². The Morgan fingerprint density at radius 3 is 2.80 bits per heavy atom. The van der Waals surface area contributed by atoms with Crippen LogP contribution >= 0.6 is 0 Å². The maximum atomic E-state index is 11.7. The number of rotatable bonds is 5. The number of carbonyl (C=O) groups is 1. The number of nitrogens with one attached hydrogen (secondary N) is 1. The van der Waals surface area contributed by atoms with Gasteiger partial charge in [-0.05, 0) is 6.92 Å². The number of nitro groups is 1. The van der Waals surface area contributed by atoms with Crippen LogP contribution in [0.3, 0.4) is 0 Å². The number of carbonyl (C=O) groups excluding carboxylic acids is 1. The van der Waals surface area contributed by atoms with Gasteiger partial charge in [-0.2, -0.15) is 10.2 Å². The summed E-state index contributed by atoms with van der Waals surface area (Å²) >= 11 is 0. The first-order valence-electron chi connectivity index (χ1n) is 5.88. The minimum atomic E-state index is -0.555. The highest BCUT2D eigenvalue weighted by atomic mass is 16.6. The van der Waals surface area contributed by atoms with Gasteiger partial charge in [0.25, 0.3) is 0 Å². The predicted molar refractivity (Wildman–Crippen MR) is 68.7 cm³/mol. The van der Waals surface area contributed by atoms with Crippen molar-refractivity contribution in [2.45, 2.75) is 20.0 Å². The third-order valence-corrected chi connectivity index (χ3v) is 2.73. The van der Waals surface area contributed by atoms with Gasteiger partial charge in [0, 0.05) is 25.4 Å². The second-order valence-electron chi connectivity index (χ2n) is 4.34. The average molecular weight is 278 g/mol. The molecule has 1 N–H and O–H groups in total. The van der Waals surface area contributed by atoms with Crippen LogP contribution in [-0.2, 0) is 24.9 Å². The molecule has 106 valence electrons. The molecule has 2 heterocycles. The fraction of sp³-hybridized carbons (Fsp3) is 0.364. The summed E-state index contributed by atoms with van der Waals surface area (Å²) in [7, 11) is 1.81. The third-order valence-electron chi connectivity index (χ3n) is 2.73. The van der Waals surface area contributed by atoms with Gasteiger partial charge in [0.1, 0.15) is 18.9 Å². The average Bonchev–Trinajstić information content (AvgIpc) is 2.94. The van der Waals surface area contributed by atoms with Gasteiger partial charge in [-0.25, -0.2) is 0 Å². The third kappa shape index (κ3) is 3.19. The number of hydrogen-bond donors (Lipinski definition) is 1. The number of amides is 1. The molecule has 0 atom stereocenters. The van der Waals surface area contributed by atoms with E-state index in [1.54, 1.807) is 11.7 Å². The van der Waals surface area contributed by atoms with Gasteiger partial charge in [-0.15, -0.1) is 0 Å². The maximum absolute atomic E-state index is 11.7. The van der Waals surface area contributed by atoms with Gasteiger partial charge < -0.3 is 5.32 Å². The molecular formula is C11H14N6O3. The molecule has 0 aromatic carbocycles. The molecule has 0 fully saturated rings. The maximum Gasteiger partial charge on any atom is 0.307 e. The first kappa shape index (κ1) is 13.7. The Hall–Kier alpha value is -2.71. The standard InChI is InChI=1S/C11H14N6O3/c1-8-9(5-15(2)14-8)3-12-11(18)7-16-6-10(4-13-16)17(19)20/h4-6H,3,7H2,1-2H3,(H,12,18). The largest absolute Gasteiger partial charge is 0.350 e. The molecule has 9 heteroatoms. The molecule has 0 aliphatic carbocycles. The van der Waals surface area contributed by atoms with E-state index in [0.29, 0.717) is 6.54 Å². The van der Waals surface area contributed by atoms with Crippen LogP contribution in [0.4, 0.5) is 5.69 Å². The highest BCUT2D eigenvalue weighted by molar-refractivity contribution is 5.75. The highest BCUT2D eigenvalue weighted by Crippen LogP contribution is 2.07. The monoisotopic (exact) mass is 278 g/mol. The Morgan fingerprint density at radius 2 is 2.25 bits per heavy atom. The van der Waals surface area contributed by atoms with Crippen molar-refractivity contribution < 1.29 is 9.72 Å². The van der Waals surface area contributed by atoms with Crippen molar-refractivity contribution in [1.82, 2.24) is 24.9 Å². The van der Waals surface area contributed by atoms with Crippen molar-refractivity contribution in [2.75, 3.05) is 0 Å². The fourth-order valence-corrected chi connectivity index (χ4v) is 1.75. The Bertz CT molecular complexity index is 644. The summed E-state index contributed by atoms with van der Waals surface area (Å²) in [4.78, 5) is 21.7. The summed E-state index contributed by atoms with van der Waals surface area (Å²) in [6.07, 6.45) is 4.15. The molecule has 9 nitrogen and oxygen atoms in total. The SMILES string of the molecule is Cc1nn(C)cc1CNC(=O)Cn1cc([N+](=O)[O-])cn1. The van der Waals surface area contributed by atoms with E-state index < -0.39 is 4.92 Å². The van der Waals surface area contributed by atoms with Crippen LogP contribution in [0.5, 0.6) is 0 Å². The Balaban J connectivity index is 1.89. The lowest BCUT2D eigenvalue weighted by Crippen LogP contribution is -2.27. The van der Waals surface area contributed by atoms with Crippen molar-refractivity contribution >= 4 is 11.6 Å². The zero-order chi connectivity index (χ0) is 14.7. The molecule has 0 aliphatic heterocycles. The summed E-state index contributed by atoms with van der Waals surface area (Å²) in [6.45, 7) is 2.16. The summed E-state index contributed by atoms with van der Waals surface area (Å²) in [5.41, 5.74) is 1.63. The fourth-order valence-electron chi connectivity index (χ4n) is 1.75. The van der Waals surface area contributed by atoms with Gasteiger partial charge >= 0.3 is 5.69 Å². The lowest BCUT2D eigenvalue weighted by Gasteiger charge is -2.04. The van der Waals surface area contributed by atoms with Crippen molar-refractivity contribution in [3.63, 3.8) is 0 Å². The lowest BCUT2D eigenvalue weighted by atomic mass is 10.2. The summed E-state index contributed by atoms with van der Waals surface area (Å²) in [5, 5.41) is 21.1. The van der Waals surface area contributed by atoms with E-state index in [9.17, 15) is 14.9 Å². The van der Waals surface area contributed by atoms with E-state index in [-0.39, 0.29) is 18.1 Å². The summed E-state index contributed by atoms with van der Waals surface area (Å²) in [6, 6.07) is 0. The minimum absolute atomic E-state index is 0.0624. The quantitative estimate of drug-likeness (QED) is 0.618. The Kier molecular flexibility index (Phi) is 3.78. The van der Waals surface area contributed by atoms with E-state index in [0.717, 1.165) is 17.5 Å². The van der Waals surface area contributed by atoms with Gasteiger partial charge in [-0.1, -0.05) is 0 Å². The summed E-state index contributed by atoms with van der Waals surface area (Å²) in [5.74, 6) is -0.272. The van der Waals surface area contributed by atoms with Crippen molar-refractivity contribution in [3.8, 4) is 0 Å². The van der Waals surface area contributed by atoms with Gasteiger partial charge in [0.2, 0.25) is 5.91 Å². The Labute approximate surface area is 114 Å². The number of aryl methyl sites for hydroxylation is 2. The van der Waals surface area contributed by atoms with Crippen LogP contribution < -0.4 is 5.32 Å². The van der Waals surface area contributed by atoms with Crippen molar-refractivity contribution in [2.24, 2.45) is 7.05 Å². The zero-order valence-electron chi connectivity index (χ0n) is 11.1. The van der Waals surface area contributed by atoms with E-state index in [1.165, 1.54) is 10.9 Å². The molecule has 0 radical (unpaired) electrons. The molecule has 0 aliphatic rings. The van der Waals surface area contributed by atoms with E-state index >= 15 is 0 Å². The lowest BCUT2D eigenvalue weighted by molar-refractivity contribution is -0.385. The van der Waals surface area contributed by atoms with Crippen molar-refractivity contribution in [1.29, 1.82) is 0 Å². The summed E-state index contributed by atoms with van der Waals surface area (Å²) < 4.78 is 2.90. The predicted octanol–water partition coefficient (Wildman–Crippen LogP) is 0.150. The van der Waals surface area contributed by atoms with E-state index in [1.807, 2.05) is 13.1 Å². The molecular weight excluding hydrogens is 264 g/mol. The minimum Gasteiger partial charge on any atom is -0.350 e. The van der Waals surface area contributed by atoms with E-state index in [2.05, 4.69) is 15.5 Å². The zero-order valence-corrected chi connectivity index (χ0v) is 11.1. The van der Waals surface area contributed by atoms with Crippen LogP contribution in [0.15, 0.2) is 18.6 Å². The molecule has 20 heavy (non-hydrogen) atoms. The van der Waals surface area contributed by atoms with Crippen LogP contribution in [-0.4, -0.2) is 30.4 Å². The van der Waals surface area contributed by atoms with Crippen LogP contribution in [0.25, 0.3) is 0 Å².